The van der Waals surface area contributed by atoms with Crippen molar-refractivity contribution in [3.05, 3.63) is 34.3 Å². The summed E-state index contributed by atoms with van der Waals surface area (Å²) in [5.74, 6) is 0.334. The van der Waals surface area contributed by atoms with Gasteiger partial charge in [0.2, 0.25) is 0 Å². The summed E-state index contributed by atoms with van der Waals surface area (Å²) in [7, 11) is -1.57. The molecule has 0 atom stereocenters. The van der Waals surface area contributed by atoms with Crippen LogP contribution in [0.2, 0.25) is 29.7 Å². The van der Waals surface area contributed by atoms with E-state index in [1.807, 2.05) is 12.1 Å². The highest BCUT2D eigenvalue weighted by molar-refractivity contribution is 6.89. The van der Waals surface area contributed by atoms with Gasteiger partial charge in [-0.15, -0.1) is 0 Å². The van der Waals surface area contributed by atoms with Crippen LogP contribution in [-0.2, 0) is 0 Å². The number of phenols is 1. The molecule has 0 amide bonds. The fraction of sp³-hybridized carbons (Fsp3) is 0.231. The predicted octanol–water partition coefficient (Wildman–Crippen LogP) is 4.40. The molecule has 2 rings (SSSR count). The van der Waals surface area contributed by atoms with E-state index in [0.29, 0.717) is 15.8 Å². The molecule has 1 N–H and O–H groups in total. The Balaban J connectivity index is 2.81. The number of hydrogen-bond acceptors (Lipinski definition) is 1. The van der Waals surface area contributed by atoms with Gasteiger partial charge in [0.1, 0.15) is 5.75 Å². The molecule has 0 saturated carbocycles. The number of aromatic hydroxyl groups is 1. The third-order valence-electron chi connectivity index (χ3n) is 2.79. The maximum Gasteiger partial charge on any atom is 0.115 e. The van der Waals surface area contributed by atoms with Crippen molar-refractivity contribution in [3.8, 4) is 5.75 Å². The largest absolute Gasteiger partial charge is 0.508 e. The van der Waals surface area contributed by atoms with Gasteiger partial charge in [0.05, 0.1) is 13.1 Å². The highest BCUT2D eigenvalue weighted by Gasteiger charge is 2.21. The van der Waals surface area contributed by atoms with Crippen LogP contribution >= 0.6 is 23.2 Å². The van der Waals surface area contributed by atoms with Crippen LogP contribution in [-0.4, -0.2) is 13.2 Å². The molecule has 0 heterocycles. The maximum absolute atomic E-state index is 10.1. The minimum atomic E-state index is -1.57. The lowest BCUT2D eigenvalue weighted by Crippen LogP contribution is -2.37. The predicted molar refractivity (Wildman–Crippen MR) is 78.6 cm³/mol. The van der Waals surface area contributed by atoms with Gasteiger partial charge in [-0.1, -0.05) is 48.9 Å². The quantitative estimate of drug-likeness (QED) is 0.770. The number of phenolic OH excluding ortho intramolecular Hbond substituents is 1. The smallest absolute Gasteiger partial charge is 0.115 e. The molecule has 0 fully saturated rings. The van der Waals surface area contributed by atoms with Gasteiger partial charge in [0.15, 0.2) is 0 Å². The highest BCUT2D eigenvalue weighted by Crippen LogP contribution is 2.30. The zero-order chi connectivity index (χ0) is 12.8. The monoisotopic (exact) mass is 284 g/mol. The maximum atomic E-state index is 10.1. The molecule has 0 aliphatic heterocycles. The van der Waals surface area contributed by atoms with Gasteiger partial charge < -0.3 is 5.11 Å². The first kappa shape index (κ1) is 12.7. The molecule has 0 saturated heterocycles. The minimum Gasteiger partial charge on any atom is -0.508 e. The Morgan fingerprint density at radius 2 is 1.65 bits per heavy atom. The standard InChI is InChI=1S/C13H14Cl2OSi/c1-17(2,3)13-5-8-4-9(14)6-11(15)10(8)7-12(13)16/h4-7,16H,1-3H3. The first-order valence-corrected chi connectivity index (χ1v) is 9.67. The fourth-order valence-corrected chi connectivity index (χ4v) is 3.91. The lowest BCUT2D eigenvalue weighted by molar-refractivity contribution is 0.480. The van der Waals surface area contributed by atoms with Crippen LogP contribution in [0.25, 0.3) is 10.8 Å². The molecule has 0 unspecified atom stereocenters. The van der Waals surface area contributed by atoms with Crippen LogP contribution in [0, 0.1) is 0 Å². The van der Waals surface area contributed by atoms with Gasteiger partial charge in [0, 0.05) is 10.4 Å². The van der Waals surface area contributed by atoms with Crippen LogP contribution in [0.3, 0.4) is 0 Å². The van der Waals surface area contributed by atoms with Crippen molar-refractivity contribution in [2.24, 2.45) is 0 Å². The van der Waals surface area contributed by atoms with Gasteiger partial charge >= 0.3 is 0 Å². The van der Waals surface area contributed by atoms with E-state index in [1.165, 1.54) is 0 Å². The van der Waals surface area contributed by atoms with Crippen LogP contribution in [0.15, 0.2) is 24.3 Å². The summed E-state index contributed by atoms with van der Waals surface area (Å²) < 4.78 is 0. The Labute approximate surface area is 112 Å². The first-order chi connectivity index (χ1) is 7.79. The normalized spacial score (nSPS) is 12.1. The number of rotatable bonds is 1. The summed E-state index contributed by atoms with van der Waals surface area (Å²) >= 11 is 12.1. The average Bonchev–Trinajstić information content (AvgIpc) is 2.16. The molecule has 0 spiro atoms. The third kappa shape index (κ3) is 2.44. The molecule has 0 bridgehead atoms. The van der Waals surface area contributed by atoms with Crippen LogP contribution in [0.4, 0.5) is 0 Å². The van der Waals surface area contributed by atoms with E-state index >= 15 is 0 Å². The van der Waals surface area contributed by atoms with Gasteiger partial charge in [-0.25, -0.2) is 0 Å². The number of benzene rings is 2. The SMILES string of the molecule is C[Si](C)(C)c1cc2cc(Cl)cc(Cl)c2cc1O. The molecule has 0 aromatic heterocycles. The summed E-state index contributed by atoms with van der Waals surface area (Å²) in [5.41, 5.74) is 0. The van der Waals surface area contributed by atoms with E-state index in [4.69, 9.17) is 23.2 Å². The fourth-order valence-electron chi connectivity index (χ4n) is 1.92. The molecule has 17 heavy (non-hydrogen) atoms. The minimum absolute atomic E-state index is 0.334. The molecule has 2 aromatic rings. The van der Waals surface area contributed by atoms with E-state index in [9.17, 15) is 5.11 Å². The van der Waals surface area contributed by atoms with Crippen molar-refractivity contribution in [2.75, 3.05) is 0 Å². The van der Waals surface area contributed by atoms with Crippen molar-refractivity contribution in [1.82, 2.24) is 0 Å². The first-order valence-electron chi connectivity index (χ1n) is 5.41. The van der Waals surface area contributed by atoms with Gasteiger partial charge in [0.25, 0.3) is 0 Å². The van der Waals surface area contributed by atoms with Gasteiger partial charge in [-0.3, -0.25) is 0 Å². The Bertz CT molecular complexity index is 588. The number of halogens is 2. The Kier molecular flexibility index (Phi) is 3.15. The van der Waals surface area contributed by atoms with E-state index in [0.717, 1.165) is 16.0 Å². The topological polar surface area (TPSA) is 20.2 Å². The summed E-state index contributed by atoms with van der Waals surface area (Å²) in [4.78, 5) is 0. The Hall–Kier alpha value is -0.703. The Morgan fingerprint density at radius 3 is 2.24 bits per heavy atom. The molecule has 0 aliphatic carbocycles. The number of hydrogen-bond donors (Lipinski definition) is 1. The van der Waals surface area contributed by atoms with Crippen molar-refractivity contribution in [2.45, 2.75) is 19.6 Å². The molecule has 4 heteroatoms. The number of fused-ring (bicyclic) bond motifs is 1. The Morgan fingerprint density at radius 1 is 1.00 bits per heavy atom. The summed E-state index contributed by atoms with van der Waals surface area (Å²) in [6.07, 6.45) is 0. The summed E-state index contributed by atoms with van der Waals surface area (Å²) in [5, 5.41) is 14.1. The van der Waals surface area contributed by atoms with Crippen molar-refractivity contribution in [3.63, 3.8) is 0 Å². The lowest BCUT2D eigenvalue weighted by Gasteiger charge is -2.19. The zero-order valence-electron chi connectivity index (χ0n) is 10.0. The van der Waals surface area contributed by atoms with Crippen LogP contribution in [0.5, 0.6) is 5.75 Å². The van der Waals surface area contributed by atoms with E-state index in [1.54, 1.807) is 12.1 Å². The van der Waals surface area contributed by atoms with Crippen LogP contribution < -0.4 is 5.19 Å². The molecule has 2 aromatic carbocycles. The van der Waals surface area contributed by atoms with E-state index in [2.05, 4.69) is 19.6 Å². The molecule has 1 nitrogen and oxygen atoms in total. The second-order valence-electron chi connectivity index (χ2n) is 5.23. The zero-order valence-corrected chi connectivity index (χ0v) is 12.5. The van der Waals surface area contributed by atoms with E-state index < -0.39 is 8.07 Å². The van der Waals surface area contributed by atoms with Gasteiger partial charge in [-0.2, -0.15) is 0 Å². The molecule has 0 radical (unpaired) electrons. The summed E-state index contributed by atoms with van der Waals surface area (Å²) in [6, 6.07) is 7.32. The van der Waals surface area contributed by atoms with Crippen LogP contribution in [0.1, 0.15) is 0 Å². The molecular formula is C13H14Cl2OSi. The second kappa shape index (κ2) is 4.20. The molecular weight excluding hydrogens is 271 g/mol. The average molecular weight is 285 g/mol. The van der Waals surface area contributed by atoms with E-state index in [-0.39, 0.29) is 0 Å². The third-order valence-corrected chi connectivity index (χ3v) is 5.34. The molecule has 90 valence electrons. The van der Waals surface area contributed by atoms with Gasteiger partial charge in [-0.05, 0) is 28.8 Å². The van der Waals surface area contributed by atoms with Crippen molar-refractivity contribution < 1.29 is 5.11 Å². The van der Waals surface area contributed by atoms with Crippen molar-refractivity contribution >= 4 is 47.2 Å². The lowest BCUT2D eigenvalue weighted by atomic mass is 10.1. The molecule has 0 aliphatic rings. The highest BCUT2D eigenvalue weighted by atomic mass is 35.5. The van der Waals surface area contributed by atoms with Crippen molar-refractivity contribution in [1.29, 1.82) is 0 Å². The second-order valence-corrected chi connectivity index (χ2v) is 11.1. The summed E-state index contributed by atoms with van der Waals surface area (Å²) in [6.45, 7) is 6.58.